The molecule has 3 aromatic carbocycles. The number of nitrogens with one attached hydrogen (secondary N) is 2. The highest BCUT2D eigenvalue weighted by molar-refractivity contribution is 7.92. The molecule has 0 spiro atoms. The highest BCUT2D eigenvalue weighted by Crippen LogP contribution is 2.20. The summed E-state index contributed by atoms with van der Waals surface area (Å²) >= 11 is 0. The van der Waals surface area contributed by atoms with Crippen LogP contribution in [0.2, 0.25) is 0 Å². The lowest BCUT2D eigenvalue weighted by Crippen LogP contribution is -2.28. The summed E-state index contributed by atoms with van der Waals surface area (Å²) in [6, 6.07) is 14.6. The largest absolute Gasteiger partial charge is 0.494 e. The van der Waals surface area contributed by atoms with Crippen molar-refractivity contribution in [3.8, 4) is 5.75 Å². The molecule has 0 fully saturated rings. The molecule has 0 aromatic heterocycles. The van der Waals surface area contributed by atoms with Gasteiger partial charge in [0.05, 0.1) is 17.6 Å². The van der Waals surface area contributed by atoms with E-state index in [1.807, 2.05) is 6.92 Å². The molecule has 0 unspecified atom stereocenters. The minimum atomic E-state index is -3.90. The summed E-state index contributed by atoms with van der Waals surface area (Å²) in [6.45, 7) is 2.02. The molecule has 174 valence electrons. The molecule has 3 N–H and O–H groups in total. The molecule has 0 bridgehead atoms. The van der Waals surface area contributed by atoms with Crippen LogP contribution in [0.4, 0.5) is 14.5 Å². The number of aliphatic hydroxyl groups is 1. The van der Waals surface area contributed by atoms with Crippen LogP contribution in [0.3, 0.4) is 0 Å². The molecule has 0 aliphatic rings. The van der Waals surface area contributed by atoms with E-state index < -0.39 is 33.7 Å². The second-order valence-electron chi connectivity index (χ2n) is 6.99. The summed E-state index contributed by atoms with van der Waals surface area (Å²) in [6.07, 6.45) is -1.26. The molecule has 3 aromatic rings. The van der Waals surface area contributed by atoms with Crippen LogP contribution >= 0.6 is 0 Å². The summed E-state index contributed by atoms with van der Waals surface area (Å²) < 4.78 is 59.3. The van der Waals surface area contributed by atoms with Crippen LogP contribution in [0.15, 0.2) is 71.6 Å². The Morgan fingerprint density at radius 2 is 1.76 bits per heavy atom. The first kappa shape index (κ1) is 24.1. The van der Waals surface area contributed by atoms with E-state index in [0.29, 0.717) is 12.4 Å². The van der Waals surface area contributed by atoms with Gasteiger partial charge in [-0.1, -0.05) is 12.1 Å². The minimum Gasteiger partial charge on any atom is -0.494 e. The smallest absolute Gasteiger partial charge is 0.261 e. The van der Waals surface area contributed by atoms with Crippen molar-refractivity contribution in [2.75, 3.05) is 17.9 Å². The number of halogens is 2. The number of amides is 1. The average Bonchev–Trinajstić information content (AvgIpc) is 2.79. The fraction of sp³-hybridized carbons (Fsp3) is 0.174. The molecule has 0 aliphatic carbocycles. The Balaban J connectivity index is 1.65. The van der Waals surface area contributed by atoms with Gasteiger partial charge in [-0.3, -0.25) is 9.52 Å². The number of aliphatic hydroxyl groups excluding tert-OH is 1. The molecule has 7 nitrogen and oxygen atoms in total. The third-order valence-electron chi connectivity index (χ3n) is 4.61. The van der Waals surface area contributed by atoms with Crippen molar-refractivity contribution >= 4 is 21.6 Å². The van der Waals surface area contributed by atoms with Gasteiger partial charge in [0.1, 0.15) is 5.75 Å². The van der Waals surface area contributed by atoms with Gasteiger partial charge in [0, 0.05) is 17.8 Å². The van der Waals surface area contributed by atoms with Crippen molar-refractivity contribution in [1.29, 1.82) is 0 Å². The van der Waals surface area contributed by atoms with Crippen LogP contribution in [0.25, 0.3) is 0 Å². The predicted molar refractivity (Wildman–Crippen MR) is 119 cm³/mol. The number of benzene rings is 3. The van der Waals surface area contributed by atoms with Crippen molar-refractivity contribution in [1.82, 2.24) is 5.32 Å². The summed E-state index contributed by atoms with van der Waals surface area (Å²) in [5.41, 5.74) is 0.406. The Bertz CT molecular complexity index is 1230. The molecule has 3 rings (SSSR count). The van der Waals surface area contributed by atoms with E-state index in [4.69, 9.17) is 4.74 Å². The molecular formula is C23H22F2N2O5S. The second kappa shape index (κ2) is 10.4. The number of carbonyl (C=O) groups excluding carboxylic acids is 1. The van der Waals surface area contributed by atoms with Gasteiger partial charge in [-0.05, 0) is 67.1 Å². The molecule has 10 heteroatoms. The third-order valence-corrected chi connectivity index (χ3v) is 6.00. The SMILES string of the molecule is CCOc1ccc(S(=O)(=O)Nc2cccc(C(=O)NC[C@H](O)c3ccc(F)c(F)c3)c2)cc1. The summed E-state index contributed by atoms with van der Waals surface area (Å²) in [7, 11) is -3.90. The summed E-state index contributed by atoms with van der Waals surface area (Å²) in [4.78, 5) is 12.5. The van der Waals surface area contributed by atoms with Crippen molar-refractivity contribution < 1.29 is 31.8 Å². The van der Waals surface area contributed by atoms with Crippen LogP contribution in [-0.4, -0.2) is 32.6 Å². The topological polar surface area (TPSA) is 105 Å². The Hall–Kier alpha value is -3.50. The van der Waals surface area contributed by atoms with Crippen LogP contribution in [0.5, 0.6) is 5.75 Å². The lowest BCUT2D eigenvalue weighted by atomic mass is 10.1. The Kier molecular flexibility index (Phi) is 7.62. The van der Waals surface area contributed by atoms with Gasteiger partial charge in [-0.25, -0.2) is 17.2 Å². The summed E-state index contributed by atoms with van der Waals surface area (Å²) in [5, 5.41) is 12.6. The van der Waals surface area contributed by atoms with Gasteiger partial charge in [0.15, 0.2) is 11.6 Å². The molecule has 1 atom stereocenters. The normalized spacial score (nSPS) is 12.1. The van der Waals surface area contributed by atoms with Crippen molar-refractivity contribution in [2.45, 2.75) is 17.9 Å². The number of anilines is 1. The molecule has 0 saturated heterocycles. The Morgan fingerprint density at radius 1 is 1.03 bits per heavy atom. The maximum absolute atomic E-state index is 13.3. The lowest BCUT2D eigenvalue weighted by Gasteiger charge is -2.13. The van der Waals surface area contributed by atoms with Crippen LogP contribution in [0, 0.1) is 11.6 Å². The van der Waals surface area contributed by atoms with E-state index in [9.17, 15) is 27.1 Å². The van der Waals surface area contributed by atoms with Gasteiger partial charge in [-0.15, -0.1) is 0 Å². The monoisotopic (exact) mass is 476 g/mol. The molecule has 33 heavy (non-hydrogen) atoms. The predicted octanol–water partition coefficient (Wildman–Crippen LogP) is 3.63. The highest BCUT2D eigenvalue weighted by atomic mass is 32.2. The van der Waals surface area contributed by atoms with Crippen LogP contribution in [-0.2, 0) is 10.0 Å². The summed E-state index contributed by atoms with van der Waals surface area (Å²) in [5.74, 6) is -2.19. The number of hydrogen-bond donors (Lipinski definition) is 3. The number of rotatable bonds is 9. The zero-order valence-corrected chi connectivity index (χ0v) is 18.4. The lowest BCUT2D eigenvalue weighted by molar-refractivity contribution is 0.0916. The van der Waals surface area contributed by atoms with Crippen molar-refractivity contribution in [3.63, 3.8) is 0 Å². The molecule has 1 amide bonds. The molecule has 0 saturated carbocycles. The maximum Gasteiger partial charge on any atom is 0.261 e. The van der Waals surface area contributed by atoms with Crippen molar-refractivity contribution in [2.24, 2.45) is 0 Å². The van der Waals surface area contributed by atoms with Gasteiger partial charge < -0.3 is 15.2 Å². The van der Waals surface area contributed by atoms with Crippen molar-refractivity contribution in [3.05, 3.63) is 89.5 Å². The molecular weight excluding hydrogens is 454 g/mol. The number of sulfonamides is 1. The van der Waals surface area contributed by atoms with E-state index in [-0.39, 0.29) is 28.3 Å². The van der Waals surface area contributed by atoms with E-state index >= 15 is 0 Å². The number of ether oxygens (including phenoxy) is 1. The standard InChI is InChI=1S/C23H22F2N2O5S/c1-2-32-18-7-9-19(10-8-18)33(30,31)27-17-5-3-4-16(12-17)23(29)26-14-22(28)15-6-11-20(24)21(25)13-15/h3-13,22,27-28H,2,14H2,1H3,(H,26,29)/t22-/m0/s1. The average molecular weight is 477 g/mol. The van der Waals surface area contributed by atoms with Gasteiger partial charge in [0.25, 0.3) is 15.9 Å². The Labute approximate surface area is 190 Å². The number of carbonyl (C=O) groups is 1. The fourth-order valence-corrected chi connectivity index (χ4v) is 4.00. The molecule has 0 radical (unpaired) electrons. The van der Waals surface area contributed by atoms with E-state index in [2.05, 4.69) is 10.0 Å². The van der Waals surface area contributed by atoms with Gasteiger partial charge in [0.2, 0.25) is 0 Å². The zero-order chi connectivity index (χ0) is 24.0. The van der Waals surface area contributed by atoms with E-state index in [1.54, 1.807) is 12.1 Å². The maximum atomic E-state index is 13.3. The first-order valence-corrected chi connectivity index (χ1v) is 11.4. The van der Waals surface area contributed by atoms with E-state index in [1.165, 1.54) is 42.5 Å². The molecule has 0 heterocycles. The van der Waals surface area contributed by atoms with Crippen LogP contribution in [0.1, 0.15) is 28.9 Å². The van der Waals surface area contributed by atoms with Gasteiger partial charge in [-0.2, -0.15) is 0 Å². The second-order valence-corrected chi connectivity index (χ2v) is 8.67. The third kappa shape index (κ3) is 6.27. The van der Waals surface area contributed by atoms with Gasteiger partial charge >= 0.3 is 0 Å². The fourth-order valence-electron chi connectivity index (χ4n) is 2.95. The first-order valence-electron chi connectivity index (χ1n) is 9.96. The Morgan fingerprint density at radius 3 is 2.42 bits per heavy atom. The van der Waals surface area contributed by atoms with Crippen LogP contribution < -0.4 is 14.8 Å². The minimum absolute atomic E-state index is 0.0236. The van der Waals surface area contributed by atoms with E-state index in [0.717, 1.165) is 12.1 Å². The molecule has 0 aliphatic heterocycles. The first-order chi connectivity index (χ1) is 15.7. The zero-order valence-electron chi connectivity index (χ0n) is 17.6. The quantitative estimate of drug-likeness (QED) is 0.438. The highest BCUT2D eigenvalue weighted by Gasteiger charge is 2.17. The number of hydrogen-bond acceptors (Lipinski definition) is 5.